The molecule has 12 unspecified atom stereocenters. The highest BCUT2D eigenvalue weighted by Gasteiger charge is 2.55. The molecule has 7 aromatic carbocycles. The van der Waals surface area contributed by atoms with Crippen LogP contribution in [0.1, 0.15) is 134 Å². The van der Waals surface area contributed by atoms with Crippen molar-refractivity contribution in [2.75, 3.05) is 4.90 Å². The first-order valence-electron chi connectivity index (χ1n) is 40.3. The number of fused-ring (bicyclic) bond motifs is 7. The highest BCUT2D eigenvalue weighted by molar-refractivity contribution is 5.93. The molecule has 11 heteroatoms. The topological polar surface area (TPSA) is 34.2 Å². The maximum Gasteiger partial charge on any atom is 0.160 e. The number of allylic oxidation sites excluding steroid dienone is 22. The average molecular weight is 1500 g/mol. The van der Waals surface area contributed by atoms with Crippen molar-refractivity contribution < 1.29 is 40.6 Å². The molecule has 5 nitrogen and oxygen atoms in total. The van der Waals surface area contributed by atoms with Crippen LogP contribution in [0.25, 0.3) is 22.8 Å². The van der Waals surface area contributed by atoms with E-state index in [1.807, 2.05) is 77.7 Å². The average Bonchev–Trinajstić information content (AvgIpc) is 1.55. The van der Waals surface area contributed by atoms with E-state index in [-0.39, 0.29) is 84.5 Å². The van der Waals surface area contributed by atoms with Crippen molar-refractivity contribution in [1.82, 2.24) is 4.90 Å². The number of halogens is 6. The number of rotatable bonds is 18. The van der Waals surface area contributed by atoms with E-state index in [1.54, 1.807) is 24.3 Å². The molecule has 566 valence electrons. The Morgan fingerprint density at radius 1 is 0.540 bits per heavy atom. The Bertz CT molecular complexity index is 5530. The number of nitrogens with zero attached hydrogens (tertiary/aromatic N) is 2. The molecule has 0 N–H and O–H groups in total. The Morgan fingerprint density at radius 2 is 1.26 bits per heavy atom. The Balaban J connectivity index is 0.644. The fraction of sp³-hybridized carbons (Fsp3) is 0.255. The Kier molecular flexibility index (Phi) is 19.0. The van der Waals surface area contributed by atoms with E-state index in [0.29, 0.717) is 36.4 Å². The van der Waals surface area contributed by atoms with Gasteiger partial charge in [-0.05, 0) is 263 Å². The lowest BCUT2D eigenvalue weighted by atomic mass is 9.56. The summed E-state index contributed by atoms with van der Waals surface area (Å²) in [5.74, 6) is -1.63. The van der Waals surface area contributed by atoms with Crippen molar-refractivity contribution in [3.63, 3.8) is 0 Å². The first-order chi connectivity index (χ1) is 55.3. The zero-order chi connectivity index (χ0) is 76.6. The molecule has 0 saturated carbocycles. The van der Waals surface area contributed by atoms with Crippen molar-refractivity contribution in [2.24, 2.45) is 29.6 Å². The molecule has 1 aliphatic heterocycles. The molecule has 0 bridgehead atoms. The molecule has 0 spiro atoms. The van der Waals surface area contributed by atoms with Gasteiger partial charge in [0, 0.05) is 77.4 Å². The Hall–Kier alpha value is -11.1. The number of hydrogen-bond acceptors (Lipinski definition) is 5. The van der Waals surface area contributed by atoms with Crippen LogP contribution in [0.15, 0.2) is 343 Å². The van der Waals surface area contributed by atoms with Gasteiger partial charge in [0.25, 0.3) is 0 Å². The second kappa shape index (κ2) is 29.8. The molecule has 1 fully saturated rings. The van der Waals surface area contributed by atoms with Crippen LogP contribution in [0.4, 0.5) is 37.7 Å². The maximum atomic E-state index is 16.1. The van der Waals surface area contributed by atoms with Gasteiger partial charge in [-0.2, -0.15) is 0 Å². The fourth-order valence-electron chi connectivity index (χ4n) is 21.0. The van der Waals surface area contributed by atoms with E-state index in [1.165, 1.54) is 63.3 Å². The predicted octanol–water partition coefficient (Wildman–Crippen LogP) is 25.9. The molecular weight excluding hydrogens is 1420 g/mol. The molecule has 0 amide bonds. The molecule has 1 heterocycles. The molecule has 0 aromatic heterocycles. The minimum absolute atomic E-state index is 0.00156. The van der Waals surface area contributed by atoms with Gasteiger partial charge in [0.15, 0.2) is 11.6 Å². The highest BCUT2D eigenvalue weighted by Crippen LogP contribution is 2.63. The molecule has 113 heavy (non-hydrogen) atoms. The van der Waals surface area contributed by atoms with Crippen molar-refractivity contribution in [3.8, 4) is 11.5 Å². The van der Waals surface area contributed by atoms with Crippen LogP contribution >= 0.6 is 0 Å². The summed E-state index contributed by atoms with van der Waals surface area (Å²) in [4.78, 5) is 4.39. The SMILES string of the molecule is C=CC1=CC=C(OC2C=CC(C3(C4C=CC(F)=CC4)C4=C(CCC(C5CC=CC(N(C6=CC7C(C=C6)OC6C=CC(N(c8cccc(C9=CC%10=C(CC9)c9ccccc9C%10(c9ccc(F)cc9)c9ccc(Oc%10ccc(C=C)cc%10)cc9)c8)c8ccc(F)c(F)c8)=CC67)C6CCC(F)=C(F)C6)C5)=C4)c4ccccc43)CC2)CC1. The second-order valence-corrected chi connectivity index (χ2v) is 32.3. The zero-order valence-corrected chi connectivity index (χ0v) is 63.0. The summed E-state index contributed by atoms with van der Waals surface area (Å²) in [5.41, 5.74) is 19.0. The van der Waals surface area contributed by atoms with Gasteiger partial charge in [0.2, 0.25) is 0 Å². The van der Waals surface area contributed by atoms with E-state index in [9.17, 15) is 0 Å². The molecule has 1 saturated heterocycles. The number of hydrogen-bond donors (Lipinski definition) is 0. The van der Waals surface area contributed by atoms with Crippen molar-refractivity contribution in [3.05, 3.63) is 405 Å². The lowest BCUT2D eigenvalue weighted by molar-refractivity contribution is 0.0867. The molecule has 11 aliphatic carbocycles. The van der Waals surface area contributed by atoms with Gasteiger partial charge in [-0.3, -0.25) is 0 Å². The van der Waals surface area contributed by atoms with E-state index >= 15 is 26.3 Å². The lowest BCUT2D eigenvalue weighted by Crippen LogP contribution is -2.45. The van der Waals surface area contributed by atoms with E-state index in [0.717, 1.165) is 125 Å². The second-order valence-electron chi connectivity index (χ2n) is 32.3. The summed E-state index contributed by atoms with van der Waals surface area (Å²) in [5, 5.41) is 0. The molecule has 19 rings (SSSR count). The summed E-state index contributed by atoms with van der Waals surface area (Å²) >= 11 is 0. The third-order valence-corrected chi connectivity index (χ3v) is 26.3. The van der Waals surface area contributed by atoms with Gasteiger partial charge in [0.1, 0.15) is 40.9 Å². The van der Waals surface area contributed by atoms with Crippen LogP contribution < -0.4 is 9.64 Å². The summed E-state index contributed by atoms with van der Waals surface area (Å²) in [7, 11) is 0. The smallest absolute Gasteiger partial charge is 0.160 e. The standard InChI is InChI=1S/C102H88F6N2O3/c1-3-63-19-41-81(42-20-63)111-83-45-29-71(30-46-83)101(69-25-33-73(103)34-26-69)91-17-7-5-15-85(91)87-49-23-67(57-93(87)101)65-11-9-13-75(55-65)109(79-37-51-95(105)97(107)61-79)77-39-53-99-89(59-77)90-60-78(40-54-100(90)113-99)110(80-38-52-96(106)98(108)62-80)76-14-10-12-66(56-76)68-24-50-88-86-16-6-8-18-92(86)102(94(88)58-68,70-27-35-74(104)36-28-70)72-31-47-84(48-32-72)112-82-43-21-64(4-2)22-44-82/h3-11,13-21,25-27,29-31,33-37,39-43,45-47,51,53-55,57-61,66,70,72,76,80,84,89-90,99-100H,1-2,12,22-24,28,32,38,44,48-50,52,56,62H2. The van der Waals surface area contributed by atoms with Crippen LogP contribution in [0.2, 0.25) is 0 Å². The Labute approximate surface area is 658 Å². The zero-order valence-electron chi connectivity index (χ0n) is 63.0. The highest BCUT2D eigenvalue weighted by atomic mass is 19.2. The normalized spacial score (nSPS) is 27.8. The van der Waals surface area contributed by atoms with Crippen LogP contribution in [-0.2, 0) is 20.3 Å². The van der Waals surface area contributed by atoms with Gasteiger partial charge in [-0.25, -0.2) is 26.3 Å². The summed E-state index contributed by atoms with van der Waals surface area (Å²) in [6.45, 7) is 7.87. The van der Waals surface area contributed by atoms with Crippen LogP contribution in [0, 0.1) is 47.0 Å². The minimum atomic E-state index is -0.977. The molecule has 12 atom stereocenters. The van der Waals surface area contributed by atoms with Crippen LogP contribution in [-0.4, -0.2) is 35.3 Å². The van der Waals surface area contributed by atoms with Gasteiger partial charge >= 0.3 is 0 Å². The van der Waals surface area contributed by atoms with Crippen molar-refractivity contribution in [2.45, 2.75) is 131 Å². The number of ether oxygens (including phenoxy) is 3. The monoisotopic (exact) mass is 1500 g/mol. The molecule has 7 aromatic rings. The summed E-state index contributed by atoms with van der Waals surface area (Å²) < 4.78 is 113. The minimum Gasteiger partial charge on any atom is -0.491 e. The first kappa shape index (κ1) is 72.1. The first-order valence-corrected chi connectivity index (χ1v) is 40.3. The third kappa shape index (κ3) is 12.9. The molecular formula is C102H88F6N2O3. The summed E-state index contributed by atoms with van der Waals surface area (Å²) in [6.07, 6.45) is 49.1. The quantitative estimate of drug-likeness (QED) is 0.0632. The van der Waals surface area contributed by atoms with Gasteiger partial charge in [0.05, 0.1) is 23.4 Å². The van der Waals surface area contributed by atoms with Crippen molar-refractivity contribution in [1.29, 1.82) is 0 Å². The van der Waals surface area contributed by atoms with Crippen LogP contribution in [0.5, 0.6) is 11.5 Å². The predicted molar refractivity (Wildman–Crippen MR) is 440 cm³/mol. The Morgan fingerprint density at radius 3 is 1.97 bits per heavy atom. The van der Waals surface area contributed by atoms with E-state index in [2.05, 4.69) is 176 Å². The fourth-order valence-corrected chi connectivity index (χ4v) is 21.0. The van der Waals surface area contributed by atoms with Gasteiger partial charge < -0.3 is 24.0 Å². The van der Waals surface area contributed by atoms with Gasteiger partial charge in [-0.1, -0.05) is 195 Å². The van der Waals surface area contributed by atoms with Gasteiger partial charge in [-0.15, -0.1) is 0 Å². The maximum absolute atomic E-state index is 16.1. The number of anilines is 2. The van der Waals surface area contributed by atoms with E-state index in [4.69, 9.17) is 14.2 Å². The molecule has 12 aliphatic rings. The summed E-state index contributed by atoms with van der Waals surface area (Å²) in [6, 6.07) is 52.2. The number of benzene rings is 7. The van der Waals surface area contributed by atoms with Crippen molar-refractivity contribution >= 4 is 34.2 Å². The van der Waals surface area contributed by atoms with Crippen LogP contribution in [0.3, 0.4) is 0 Å². The lowest BCUT2D eigenvalue weighted by Gasteiger charge is -2.47. The third-order valence-electron chi connectivity index (χ3n) is 26.3. The molecule has 0 radical (unpaired) electrons. The van der Waals surface area contributed by atoms with E-state index < -0.39 is 34.1 Å². The largest absolute Gasteiger partial charge is 0.491 e.